The van der Waals surface area contributed by atoms with Crippen LogP contribution >= 0.6 is 0 Å². The van der Waals surface area contributed by atoms with Crippen molar-refractivity contribution in [3.8, 4) is 11.1 Å². The number of fused-ring (bicyclic) bond motifs is 1. The first kappa shape index (κ1) is 28.1. The van der Waals surface area contributed by atoms with Crippen LogP contribution in [0.3, 0.4) is 0 Å². The summed E-state index contributed by atoms with van der Waals surface area (Å²) < 4.78 is 2.19. The van der Waals surface area contributed by atoms with Crippen molar-refractivity contribution >= 4 is 23.1 Å². The summed E-state index contributed by atoms with van der Waals surface area (Å²) in [5.74, 6) is 1.27. The standard InChI is InChI=1S/C32H32N4O.CO2/c1-21(2)26-7-5-8-27(17-26)22(3)34-32(37)28-14-15-31-30(18-28)35-23(4)36(31)20-24-10-12-25(13-11-24)29-9-6-16-33-19-29;2-1-3/h5-19,21-22H,20H2,1-4H3,(H,34,37);/t22-;/m0./s1. The van der Waals surface area contributed by atoms with E-state index in [2.05, 4.69) is 83.3 Å². The third-order valence-corrected chi connectivity index (χ3v) is 6.92. The molecule has 7 heteroatoms. The summed E-state index contributed by atoms with van der Waals surface area (Å²) >= 11 is 0. The normalized spacial score (nSPS) is 11.4. The van der Waals surface area contributed by atoms with Crippen LogP contribution in [0.2, 0.25) is 0 Å². The number of carbonyl (C=O) groups is 1. The molecule has 1 amide bonds. The maximum atomic E-state index is 13.1. The van der Waals surface area contributed by atoms with Crippen molar-refractivity contribution < 1.29 is 14.4 Å². The molecule has 0 spiro atoms. The van der Waals surface area contributed by atoms with Gasteiger partial charge in [0.25, 0.3) is 5.91 Å². The first-order chi connectivity index (χ1) is 19.3. The van der Waals surface area contributed by atoms with Gasteiger partial charge in [0.05, 0.1) is 17.1 Å². The topological polar surface area (TPSA) is 93.9 Å². The minimum Gasteiger partial charge on any atom is -0.346 e. The number of hydrogen-bond acceptors (Lipinski definition) is 5. The molecule has 2 aromatic heterocycles. The van der Waals surface area contributed by atoms with Gasteiger partial charge >= 0.3 is 6.15 Å². The maximum absolute atomic E-state index is 13.1. The zero-order valence-electron chi connectivity index (χ0n) is 23.1. The Labute approximate surface area is 233 Å². The summed E-state index contributed by atoms with van der Waals surface area (Å²) in [7, 11) is 0. The maximum Gasteiger partial charge on any atom is 0.373 e. The van der Waals surface area contributed by atoms with Crippen LogP contribution in [-0.2, 0) is 16.1 Å². The Morgan fingerprint density at radius 2 is 1.62 bits per heavy atom. The fraction of sp³-hybridized carbons (Fsp3) is 0.212. The van der Waals surface area contributed by atoms with Gasteiger partial charge in [0.1, 0.15) is 5.82 Å². The van der Waals surface area contributed by atoms with Crippen molar-refractivity contribution in [3.63, 3.8) is 0 Å². The molecule has 0 radical (unpaired) electrons. The predicted molar refractivity (Wildman–Crippen MR) is 155 cm³/mol. The summed E-state index contributed by atoms with van der Waals surface area (Å²) in [6.45, 7) is 9.10. The number of rotatable bonds is 7. The van der Waals surface area contributed by atoms with Crippen molar-refractivity contribution in [2.75, 3.05) is 0 Å². The quantitative estimate of drug-likeness (QED) is 0.259. The van der Waals surface area contributed by atoms with Gasteiger partial charge in [-0.3, -0.25) is 9.78 Å². The van der Waals surface area contributed by atoms with E-state index >= 15 is 0 Å². The molecular weight excluding hydrogens is 500 g/mol. The zero-order valence-corrected chi connectivity index (χ0v) is 23.1. The van der Waals surface area contributed by atoms with E-state index in [1.54, 1.807) is 6.20 Å². The van der Waals surface area contributed by atoms with E-state index in [0.29, 0.717) is 18.0 Å². The van der Waals surface area contributed by atoms with Gasteiger partial charge in [0, 0.05) is 24.5 Å². The van der Waals surface area contributed by atoms with Crippen molar-refractivity contribution in [3.05, 3.63) is 119 Å². The molecule has 5 aromatic rings. The molecule has 0 fully saturated rings. The molecule has 0 aliphatic carbocycles. The van der Waals surface area contributed by atoms with Crippen LogP contribution in [0.4, 0.5) is 0 Å². The predicted octanol–water partition coefficient (Wildman–Crippen LogP) is 6.49. The summed E-state index contributed by atoms with van der Waals surface area (Å²) in [5, 5.41) is 3.15. The lowest BCUT2D eigenvalue weighted by Gasteiger charge is -2.16. The van der Waals surface area contributed by atoms with Gasteiger partial charge in [0.2, 0.25) is 0 Å². The van der Waals surface area contributed by atoms with Crippen LogP contribution < -0.4 is 5.32 Å². The molecule has 0 saturated carbocycles. The smallest absolute Gasteiger partial charge is 0.346 e. The number of carbonyl (C=O) groups excluding carboxylic acids is 3. The average Bonchev–Trinajstić information content (AvgIpc) is 3.28. The van der Waals surface area contributed by atoms with Crippen LogP contribution in [0.1, 0.15) is 65.6 Å². The molecule has 0 unspecified atom stereocenters. The van der Waals surface area contributed by atoms with Gasteiger partial charge in [-0.25, -0.2) is 4.98 Å². The van der Waals surface area contributed by atoms with E-state index in [4.69, 9.17) is 14.6 Å². The summed E-state index contributed by atoms with van der Waals surface area (Å²) in [4.78, 5) is 38.3. The number of hydrogen-bond donors (Lipinski definition) is 1. The van der Waals surface area contributed by atoms with Gasteiger partial charge in [-0.05, 0) is 71.8 Å². The molecule has 0 saturated heterocycles. The number of nitrogens with zero attached hydrogens (tertiary/aromatic N) is 3. The fourth-order valence-electron chi connectivity index (χ4n) is 4.66. The molecule has 7 nitrogen and oxygen atoms in total. The Morgan fingerprint density at radius 1 is 0.900 bits per heavy atom. The second-order valence-corrected chi connectivity index (χ2v) is 9.99. The Hall–Kier alpha value is -4.87. The molecule has 5 rings (SSSR count). The van der Waals surface area contributed by atoms with Crippen LogP contribution in [0.15, 0.2) is 91.3 Å². The molecule has 202 valence electrons. The molecule has 3 aromatic carbocycles. The SMILES string of the molecule is Cc1nc2cc(C(=O)N[C@@H](C)c3cccc(C(C)C)c3)ccc2n1Cc1ccc(-c2cccnc2)cc1.O=C=O. The molecule has 1 N–H and O–H groups in total. The summed E-state index contributed by atoms with van der Waals surface area (Å²) in [5.41, 5.74) is 8.27. The first-order valence-corrected chi connectivity index (χ1v) is 13.2. The second-order valence-electron chi connectivity index (χ2n) is 9.99. The minimum atomic E-state index is -0.0949. The monoisotopic (exact) mass is 532 g/mol. The van der Waals surface area contributed by atoms with E-state index in [1.165, 1.54) is 11.1 Å². The number of benzene rings is 3. The number of imidazole rings is 1. The number of aromatic nitrogens is 3. The van der Waals surface area contributed by atoms with Crippen LogP contribution in [-0.4, -0.2) is 26.6 Å². The van der Waals surface area contributed by atoms with Gasteiger partial charge in [0.15, 0.2) is 0 Å². The van der Waals surface area contributed by atoms with Crippen molar-refractivity contribution in [1.82, 2.24) is 19.9 Å². The van der Waals surface area contributed by atoms with E-state index in [0.717, 1.165) is 33.5 Å². The van der Waals surface area contributed by atoms with Crippen molar-refractivity contribution in [2.45, 2.75) is 46.2 Å². The molecule has 2 heterocycles. The lowest BCUT2D eigenvalue weighted by molar-refractivity contribution is -0.191. The first-order valence-electron chi connectivity index (χ1n) is 13.2. The highest BCUT2D eigenvalue weighted by Gasteiger charge is 2.15. The average molecular weight is 533 g/mol. The third-order valence-electron chi connectivity index (χ3n) is 6.92. The Morgan fingerprint density at radius 3 is 2.30 bits per heavy atom. The number of nitrogens with one attached hydrogen (secondary N) is 1. The highest BCUT2D eigenvalue weighted by atomic mass is 16.2. The molecular formula is C33H32N4O3. The van der Waals surface area contributed by atoms with Crippen LogP contribution in [0.25, 0.3) is 22.2 Å². The Balaban J connectivity index is 0.00000118. The van der Waals surface area contributed by atoms with Gasteiger partial charge < -0.3 is 9.88 Å². The number of pyridine rings is 1. The lowest BCUT2D eigenvalue weighted by Crippen LogP contribution is -2.26. The largest absolute Gasteiger partial charge is 0.373 e. The van der Waals surface area contributed by atoms with Crippen molar-refractivity contribution in [2.24, 2.45) is 0 Å². The highest BCUT2D eigenvalue weighted by molar-refractivity contribution is 5.97. The van der Waals surface area contributed by atoms with Crippen molar-refractivity contribution in [1.29, 1.82) is 0 Å². The Kier molecular flexibility index (Phi) is 9.00. The van der Waals surface area contributed by atoms with Gasteiger partial charge in [-0.2, -0.15) is 9.59 Å². The number of amides is 1. The van der Waals surface area contributed by atoms with Crippen LogP contribution in [0, 0.1) is 6.92 Å². The van der Waals surface area contributed by atoms with Gasteiger partial charge in [-0.1, -0.05) is 68.4 Å². The molecule has 1 atom stereocenters. The fourth-order valence-corrected chi connectivity index (χ4v) is 4.66. The second kappa shape index (κ2) is 12.8. The zero-order chi connectivity index (χ0) is 28.6. The van der Waals surface area contributed by atoms with E-state index < -0.39 is 0 Å². The van der Waals surface area contributed by atoms with Gasteiger partial charge in [-0.15, -0.1) is 0 Å². The molecule has 0 bridgehead atoms. The number of aryl methyl sites for hydroxylation is 1. The summed E-state index contributed by atoms with van der Waals surface area (Å²) in [6, 6.07) is 26.7. The molecule has 0 aliphatic heterocycles. The van der Waals surface area contributed by atoms with E-state index in [9.17, 15) is 4.79 Å². The minimum absolute atomic E-state index is 0.0872. The Bertz CT molecular complexity index is 1630. The summed E-state index contributed by atoms with van der Waals surface area (Å²) in [6.07, 6.45) is 3.91. The highest BCUT2D eigenvalue weighted by Crippen LogP contribution is 2.23. The lowest BCUT2D eigenvalue weighted by atomic mass is 9.98. The van der Waals surface area contributed by atoms with E-state index in [-0.39, 0.29) is 18.1 Å². The molecule has 0 aliphatic rings. The van der Waals surface area contributed by atoms with Crippen LogP contribution in [0.5, 0.6) is 0 Å². The molecule has 40 heavy (non-hydrogen) atoms. The van der Waals surface area contributed by atoms with E-state index in [1.807, 2.05) is 44.3 Å². The third kappa shape index (κ3) is 6.57.